The van der Waals surface area contributed by atoms with Crippen LogP contribution in [0.25, 0.3) is 22.6 Å². The molecule has 8 amide bonds. The van der Waals surface area contributed by atoms with Crippen molar-refractivity contribution in [2.75, 3.05) is 19.7 Å². The van der Waals surface area contributed by atoms with Crippen LogP contribution in [0.2, 0.25) is 0 Å². The third-order valence-electron chi connectivity index (χ3n) is 15.1. The second-order valence-corrected chi connectivity index (χ2v) is 22.3. The van der Waals surface area contributed by atoms with E-state index in [0.29, 0.717) is 50.8 Å². The van der Waals surface area contributed by atoms with Gasteiger partial charge < -0.3 is 110 Å². The number of aliphatic hydroxyl groups is 8. The summed E-state index contributed by atoms with van der Waals surface area (Å²) in [6.07, 6.45) is -16.9. The molecule has 15 unspecified atom stereocenters. The number of hydrogen-bond acceptors (Lipinski definition) is 24. The monoisotopic (exact) mass is 1280 g/mol. The Balaban J connectivity index is 0.0000126. The standard InChI is InChI=1S/C56H70N9O22S.Na/c1-4-5-6-17-85-32-14-11-28(12-15-32)39-21-33(63-86-39)27-7-9-29(10-8-27)49(75)58-34-20-38(70)52(78)62-54(80)45-46(72)25(2)23-65(45)56(82)43(37(69)22-41(57)71)60-53(79)44(48(74)47(73)30-13-16-36(68)40(18-30)87-88(83)84)61-51(77)35-19-31(67)24-64(35)55(81)42(26(3)66)59-50(34)76;/h7-16,18,21,25-26,31,34-35,37-38,42-48,52,66-70,72-74,78H,4-6,17,19-20,22-24H2,1-3H3,(H2,57,71)(H,58,75)(H,59,76)(H,60,79)(H,61,77)(H,62,80);/q-1;+1. The van der Waals surface area contributed by atoms with Crippen molar-refractivity contribution in [1.82, 2.24) is 41.5 Å². The van der Waals surface area contributed by atoms with Gasteiger partial charge in [0, 0.05) is 54.6 Å². The number of hydrogen-bond donors (Lipinski definition) is 15. The second-order valence-electron chi connectivity index (χ2n) is 21.7. The zero-order valence-corrected chi connectivity index (χ0v) is 51.4. The molecule has 16 N–H and O–H groups in total. The minimum absolute atomic E-state index is 0. The first-order valence-electron chi connectivity index (χ1n) is 27.9. The van der Waals surface area contributed by atoms with Crippen molar-refractivity contribution in [3.05, 3.63) is 83.9 Å². The number of fused-ring (bicyclic) bond motifs is 2. The fourth-order valence-corrected chi connectivity index (χ4v) is 10.6. The number of aromatic hydroxyl groups is 1. The van der Waals surface area contributed by atoms with Crippen LogP contribution in [0.15, 0.2) is 77.3 Å². The van der Waals surface area contributed by atoms with E-state index in [9.17, 15) is 92.7 Å². The Bertz CT molecular complexity index is 3260. The van der Waals surface area contributed by atoms with Crippen molar-refractivity contribution >= 4 is 58.2 Å². The van der Waals surface area contributed by atoms with Gasteiger partial charge in [0.05, 0.1) is 37.4 Å². The molecule has 7 rings (SSSR count). The summed E-state index contributed by atoms with van der Waals surface area (Å²) in [7, 11) is -3.31. The Morgan fingerprint density at radius 2 is 1.43 bits per heavy atom. The number of aromatic nitrogens is 1. The Labute approximate surface area is 532 Å². The van der Waals surface area contributed by atoms with Gasteiger partial charge in [-0.3, -0.25) is 38.4 Å². The van der Waals surface area contributed by atoms with E-state index in [2.05, 4.69) is 37.5 Å². The zero-order valence-electron chi connectivity index (χ0n) is 48.6. The van der Waals surface area contributed by atoms with Gasteiger partial charge in [0.25, 0.3) is 5.91 Å². The maximum atomic E-state index is 14.7. The molecular formula is C56H70N9NaO22S. The Kier molecular flexibility index (Phi) is 25.0. The van der Waals surface area contributed by atoms with Crippen LogP contribution in [0.1, 0.15) is 81.3 Å². The molecule has 3 fully saturated rings. The van der Waals surface area contributed by atoms with E-state index in [1.807, 2.05) is 5.32 Å². The van der Waals surface area contributed by atoms with Crippen LogP contribution >= 0.6 is 0 Å². The summed E-state index contributed by atoms with van der Waals surface area (Å²) in [6.45, 7) is 3.81. The normalized spacial score (nSPS) is 26.2. The number of aliphatic hydroxyl groups excluding tert-OH is 8. The molecule has 0 spiro atoms. The molecule has 478 valence electrons. The van der Waals surface area contributed by atoms with E-state index >= 15 is 0 Å². The molecule has 33 heteroatoms. The number of phenols is 1. The minimum Gasteiger partial charge on any atom is -0.530 e. The molecule has 0 bridgehead atoms. The van der Waals surface area contributed by atoms with E-state index in [-0.39, 0.29) is 35.1 Å². The molecular weight excluding hydrogens is 1210 g/mol. The number of benzene rings is 3. The van der Waals surface area contributed by atoms with Crippen molar-refractivity contribution < 1.29 is 136 Å². The van der Waals surface area contributed by atoms with Crippen LogP contribution in [0.4, 0.5) is 0 Å². The molecule has 0 saturated carbocycles. The molecule has 3 aliphatic heterocycles. The number of rotatable bonds is 18. The number of primary amides is 1. The van der Waals surface area contributed by atoms with Crippen LogP contribution in [0, 0.1) is 5.92 Å². The molecule has 1 aromatic heterocycles. The van der Waals surface area contributed by atoms with Gasteiger partial charge in [0.1, 0.15) is 82.7 Å². The quantitative estimate of drug-likeness (QED) is 0.0250. The molecule has 0 aliphatic carbocycles. The third kappa shape index (κ3) is 17.5. The molecule has 89 heavy (non-hydrogen) atoms. The third-order valence-corrected chi connectivity index (χ3v) is 15.5. The largest absolute Gasteiger partial charge is 1.00 e. The first-order valence-corrected chi connectivity index (χ1v) is 28.9. The Morgan fingerprint density at radius 1 is 0.787 bits per heavy atom. The van der Waals surface area contributed by atoms with Gasteiger partial charge in [-0.25, -0.2) is 0 Å². The topological polar surface area (TPSA) is 490 Å². The Morgan fingerprint density at radius 3 is 2.07 bits per heavy atom. The van der Waals surface area contributed by atoms with Crippen molar-refractivity contribution in [3.8, 4) is 39.8 Å². The van der Waals surface area contributed by atoms with Gasteiger partial charge in [-0.1, -0.05) is 50.0 Å². The Hall–Kier alpha value is -7.34. The predicted octanol–water partition coefficient (Wildman–Crippen LogP) is -6.48. The summed E-state index contributed by atoms with van der Waals surface area (Å²) in [5, 5.41) is 116. The molecule has 3 saturated heterocycles. The predicted molar refractivity (Wildman–Crippen MR) is 301 cm³/mol. The molecule has 15 atom stereocenters. The number of carbonyl (C=O) groups is 8. The number of ether oxygens (including phenoxy) is 1. The van der Waals surface area contributed by atoms with Crippen molar-refractivity contribution in [2.45, 2.75) is 145 Å². The number of unbranched alkanes of at least 4 members (excludes halogenated alkanes) is 2. The zero-order chi connectivity index (χ0) is 64.4. The maximum Gasteiger partial charge on any atom is 1.00 e. The summed E-state index contributed by atoms with van der Waals surface area (Å²) in [5.74, 6) is -12.3. The molecule has 4 heterocycles. The molecule has 3 aliphatic rings. The first kappa shape index (κ1) is 70.7. The SMILES string of the molecule is CCCCCOc1ccc(-c2cc(-c3ccc(C(=O)NC4CC(O)C(O)NC(=O)C5C(O)C(C)CN5C(=O)C(C(O)CC(N)=O)NC(=O)C(C(O)C(O)c5ccc(O)c(O[S-](=O)=O)c5)NC(=O)C5CC(O)CN5C(=O)C(C(C)O)NC4=O)cc3)no2)cc1.[Na+]. The number of phenolic OH excluding ortho intramolecular Hbond substituents is 1. The molecule has 0 radical (unpaired) electrons. The minimum atomic E-state index is -3.31. The van der Waals surface area contributed by atoms with Gasteiger partial charge in [-0.15, -0.1) is 0 Å². The maximum absolute atomic E-state index is 14.7. The summed E-state index contributed by atoms with van der Waals surface area (Å²) < 4.78 is 38.7. The van der Waals surface area contributed by atoms with Gasteiger partial charge in [-0.05, 0) is 67.4 Å². The van der Waals surface area contributed by atoms with Crippen LogP contribution in [0.3, 0.4) is 0 Å². The molecule has 31 nitrogen and oxygen atoms in total. The van der Waals surface area contributed by atoms with Crippen molar-refractivity contribution in [3.63, 3.8) is 0 Å². The average molecular weight is 1280 g/mol. The summed E-state index contributed by atoms with van der Waals surface area (Å²) >= 11 is 0. The van der Waals surface area contributed by atoms with Gasteiger partial charge in [-0.2, -0.15) is 0 Å². The fourth-order valence-electron chi connectivity index (χ4n) is 10.3. The number of amides is 8. The fraction of sp³-hybridized carbons (Fsp3) is 0.482. The smallest absolute Gasteiger partial charge is 0.530 e. The average Bonchev–Trinajstić information content (AvgIpc) is 2.03. The van der Waals surface area contributed by atoms with E-state index in [1.54, 1.807) is 30.3 Å². The number of carbonyl (C=O) groups excluding carboxylic acids is 8. The number of nitrogens with two attached hydrogens (primary N) is 1. The van der Waals surface area contributed by atoms with Crippen molar-refractivity contribution in [2.24, 2.45) is 11.7 Å². The summed E-state index contributed by atoms with van der Waals surface area (Å²) in [6, 6.07) is 4.05. The molecule has 3 aromatic carbocycles. The second kappa shape index (κ2) is 31.4. The van der Waals surface area contributed by atoms with E-state index in [1.165, 1.54) is 31.2 Å². The van der Waals surface area contributed by atoms with Crippen LogP contribution in [-0.2, 0) is 53.0 Å². The van der Waals surface area contributed by atoms with Gasteiger partial charge in [0.2, 0.25) is 41.4 Å². The number of nitrogens with one attached hydrogen (secondary N) is 5. The summed E-state index contributed by atoms with van der Waals surface area (Å²) in [5.41, 5.74) is 6.31. The summed E-state index contributed by atoms with van der Waals surface area (Å²) in [4.78, 5) is 115. The van der Waals surface area contributed by atoms with Gasteiger partial charge in [0.15, 0.2) is 17.7 Å². The van der Waals surface area contributed by atoms with E-state index < -0.39 is 199 Å². The van der Waals surface area contributed by atoms with Crippen LogP contribution in [0.5, 0.6) is 17.2 Å². The molecule has 4 aromatic rings. The van der Waals surface area contributed by atoms with Crippen LogP contribution < -0.4 is 70.8 Å². The van der Waals surface area contributed by atoms with Crippen LogP contribution in [-0.4, -0.2) is 207 Å². The first-order chi connectivity index (χ1) is 41.7. The van der Waals surface area contributed by atoms with E-state index in [0.717, 1.165) is 38.3 Å². The van der Waals surface area contributed by atoms with E-state index in [4.69, 9.17) is 15.0 Å². The van der Waals surface area contributed by atoms with Crippen molar-refractivity contribution in [1.29, 1.82) is 0 Å². The van der Waals surface area contributed by atoms with Gasteiger partial charge >= 0.3 is 29.6 Å². The number of nitrogens with zero attached hydrogens (tertiary/aromatic N) is 3.